The van der Waals surface area contributed by atoms with Crippen molar-refractivity contribution in [3.8, 4) is 5.75 Å². The van der Waals surface area contributed by atoms with Gasteiger partial charge in [-0.3, -0.25) is 19.3 Å². The smallest absolute Gasteiger partial charge is 0.294 e. The van der Waals surface area contributed by atoms with Crippen LogP contribution in [0.15, 0.2) is 53.4 Å². The number of thioether (sulfide) groups is 1. The number of carbonyl (C=O) groups is 3. The maximum Gasteiger partial charge on any atom is 0.294 e. The summed E-state index contributed by atoms with van der Waals surface area (Å²) in [7, 11) is 1.56. The van der Waals surface area contributed by atoms with Gasteiger partial charge in [-0.15, -0.1) is 0 Å². The van der Waals surface area contributed by atoms with Gasteiger partial charge in [0.15, 0.2) is 0 Å². The fourth-order valence-corrected chi connectivity index (χ4v) is 3.40. The molecule has 2 aromatic rings. The van der Waals surface area contributed by atoms with Crippen LogP contribution in [0.3, 0.4) is 0 Å². The van der Waals surface area contributed by atoms with Gasteiger partial charge in [-0.1, -0.05) is 30.3 Å². The molecule has 1 N–H and O–H groups in total. The molecule has 1 saturated heterocycles. The lowest BCUT2D eigenvalue weighted by atomic mass is 10.2. The molecule has 0 radical (unpaired) electrons. The molecule has 7 heteroatoms. The zero-order valence-corrected chi connectivity index (χ0v) is 15.7. The second-order valence-electron chi connectivity index (χ2n) is 5.91. The number of aryl methyl sites for hydroxylation is 1. The average molecular weight is 382 g/mol. The van der Waals surface area contributed by atoms with Crippen LogP contribution in [0, 0.1) is 6.92 Å². The highest BCUT2D eigenvalue weighted by Gasteiger charge is 2.36. The molecule has 1 heterocycles. The number of imide groups is 1. The molecule has 3 rings (SSSR count). The van der Waals surface area contributed by atoms with Gasteiger partial charge in [0, 0.05) is 5.69 Å². The maximum absolute atomic E-state index is 12.5. The van der Waals surface area contributed by atoms with E-state index in [1.54, 1.807) is 49.6 Å². The van der Waals surface area contributed by atoms with Crippen LogP contribution in [0.4, 0.5) is 10.5 Å². The minimum atomic E-state index is -0.479. The summed E-state index contributed by atoms with van der Waals surface area (Å²) in [6.45, 7) is 1.54. The first-order valence-corrected chi connectivity index (χ1v) is 9.04. The van der Waals surface area contributed by atoms with E-state index in [0.717, 1.165) is 27.8 Å². The van der Waals surface area contributed by atoms with Crippen LogP contribution in [0.1, 0.15) is 11.1 Å². The number of hydrogen-bond acceptors (Lipinski definition) is 5. The Morgan fingerprint density at radius 3 is 2.70 bits per heavy atom. The highest BCUT2D eigenvalue weighted by Crippen LogP contribution is 2.32. The van der Waals surface area contributed by atoms with Crippen molar-refractivity contribution in [1.82, 2.24) is 4.90 Å². The summed E-state index contributed by atoms with van der Waals surface area (Å²) in [4.78, 5) is 38.2. The number of methoxy groups -OCH3 is 1. The first-order chi connectivity index (χ1) is 13.0. The van der Waals surface area contributed by atoms with Crippen molar-refractivity contribution in [2.24, 2.45) is 0 Å². The number of rotatable bonds is 5. The minimum Gasteiger partial charge on any atom is -0.497 e. The Labute approximate surface area is 161 Å². The predicted octanol–water partition coefficient (Wildman–Crippen LogP) is 3.68. The molecule has 3 amide bonds. The maximum atomic E-state index is 12.5. The Kier molecular flexibility index (Phi) is 5.61. The van der Waals surface area contributed by atoms with E-state index in [-0.39, 0.29) is 11.4 Å². The van der Waals surface area contributed by atoms with Crippen LogP contribution in [0.25, 0.3) is 6.08 Å². The molecule has 0 saturated carbocycles. The van der Waals surface area contributed by atoms with E-state index in [0.29, 0.717) is 11.4 Å². The summed E-state index contributed by atoms with van der Waals surface area (Å²) >= 11 is 0.819. The lowest BCUT2D eigenvalue weighted by molar-refractivity contribution is -0.127. The van der Waals surface area contributed by atoms with Crippen LogP contribution in [-0.4, -0.2) is 35.6 Å². The zero-order chi connectivity index (χ0) is 19.4. The summed E-state index contributed by atoms with van der Waals surface area (Å²) in [6, 6.07) is 14.5. The van der Waals surface area contributed by atoms with E-state index in [1.165, 1.54) is 0 Å². The van der Waals surface area contributed by atoms with Gasteiger partial charge >= 0.3 is 0 Å². The van der Waals surface area contributed by atoms with Crippen molar-refractivity contribution >= 4 is 40.6 Å². The molecule has 2 aromatic carbocycles. The van der Waals surface area contributed by atoms with Gasteiger partial charge in [0.25, 0.3) is 11.1 Å². The Hall–Kier alpha value is -3.06. The van der Waals surface area contributed by atoms with Gasteiger partial charge in [0.1, 0.15) is 12.3 Å². The minimum absolute atomic E-state index is 0.275. The second-order valence-corrected chi connectivity index (χ2v) is 6.90. The van der Waals surface area contributed by atoms with E-state index in [2.05, 4.69) is 5.32 Å². The Bertz CT molecular complexity index is 939. The van der Waals surface area contributed by atoms with Crippen LogP contribution in [0.5, 0.6) is 5.75 Å². The number of benzene rings is 2. The van der Waals surface area contributed by atoms with E-state index < -0.39 is 17.1 Å². The Morgan fingerprint density at radius 1 is 1.19 bits per heavy atom. The first-order valence-electron chi connectivity index (χ1n) is 8.23. The average Bonchev–Trinajstić information content (AvgIpc) is 2.91. The number of amides is 3. The second kappa shape index (κ2) is 8.09. The Morgan fingerprint density at radius 2 is 1.96 bits per heavy atom. The number of para-hydroxylation sites is 1. The van der Waals surface area contributed by atoms with Gasteiger partial charge in [-0.25, -0.2) is 0 Å². The number of carbonyl (C=O) groups excluding carboxylic acids is 3. The SMILES string of the molecule is COc1cccc(/C=C2/SC(=O)N(CC(=O)Nc3ccccc3C)C2=O)c1. The molecule has 0 bridgehead atoms. The molecular weight excluding hydrogens is 364 g/mol. The molecule has 0 aliphatic carbocycles. The molecule has 138 valence electrons. The van der Waals surface area contributed by atoms with Crippen LogP contribution >= 0.6 is 11.8 Å². The molecule has 1 fully saturated rings. The summed E-state index contributed by atoms with van der Waals surface area (Å²) in [6.07, 6.45) is 1.62. The third-order valence-corrected chi connectivity index (χ3v) is 4.89. The summed E-state index contributed by atoms with van der Waals surface area (Å²) in [5.41, 5.74) is 2.29. The zero-order valence-electron chi connectivity index (χ0n) is 14.9. The molecule has 0 aromatic heterocycles. The molecule has 0 atom stereocenters. The van der Waals surface area contributed by atoms with Crippen molar-refractivity contribution in [2.75, 3.05) is 19.0 Å². The van der Waals surface area contributed by atoms with Gasteiger partial charge in [0.05, 0.1) is 12.0 Å². The van der Waals surface area contributed by atoms with Crippen LogP contribution in [0.2, 0.25) is 0 Å². The topological polar surface area (TPSA) is 75.7 Å². The number of ether oxygens (including phenoxy) is 1. The van der Waals surface area contributed by atoms with E-state index in [9.17, 15) is 14.4 Å². The fourth-order valence-electron chi connectivity index (χ4n) is 2.57. The molecule has 1 aliphatic heterocycles. The molecule has 6 nitrogen and oxygen atoms in total. The van der Waals surface area contributed by atoms with E-state index in [4.69, 9.17) is 4.74 Å². The summed E-state index contributed by atoms with van der Waals surface area (Å²) in [5, 5.41) is 2.26. The van der Waals surface area contributed by atoms with Crippen molar-refractivity contribution in [3.05, 3.63) is 64.6 Å². The monoisotopic (exact) mass is 382 g/mol. The third kappa shape index (κ3) is 4.38. The lowest BCUT2D eigenvalue weighted by Crippen LogP contribution is -2.36. The third-order valence-electron chi connectivity index (χ3n) is 3.99. The van der Waals surface area contributed by atoms with Gasteiger partial charge in [-0.05, 0) is 54.1 Å². The first kappa shape index (κ1) is 18.7. The van der Waals surface area contributed by atoms with Gasteiger partial charge in [0.2, 0.25) is 5.91 Å². The Balaban J connectivity index is 1.71. The number of hydrogen-bond donors (Lipinski definition) is 1. The highest BCUT2D eigenvalue weighted by atomic mass is 32.2. The molecule has 0 unspecified atom stereocenters. The van der Waals surface area contributed by atoms with Crippen LogP contribution < -0.4 is 10.1 Å². The molecular formula is C20H18N2O4S. The number of anilines is 1. The van der Waals surface area contributed by atoms with Gasteiger partial charge in [-0.2, -0.15) is 0 Å². The highest BCUT2D eigenvalue weighted by molar-refractivity contribution is 8.18. The normalized spacial score (nSPS) is 15.3. The van der Waals surface area contributed by atoms with E-state index in [1.807, 2.05) is 19.1 Å². The fraction of sp³-hybridized carbons (Fsp3) is 0.150. The quantitative estimate of drug-likeness (QED) is 0.799. The number of nitrogens with zero attached hydrogens (tertiary/aromatic N) is 1. The molecule has 27 heavy (non-hydrogen) atoms. The van der Waals surface area contributed by atoms with Crippen molar-refractivity contribution in [2.45, 2.75) is 6.92 Å². The number of nitrogens with one attached hydrogen (secondary N) is 1. The predicted molar refractivity (Wildman–Crippen MR) is 105 cm³/mol. The van der Waals surface area contributed by atoms with Gasteiger partial charge < -0.3 is 10.1 Å². The summed E-state index contributed by atoms with van der Waals surface area (Å²) < 4.78 is 5.16. The van der Waals surface area contributed by atoms with Crippen molar-refractivity contribution in [1.29, 1.82) is 0 Å². The lowest BCUT2D eigenvalue weighted by Gasteiger charge is -2.13. The van der Waals surface area contributed by atoms with Crippen LogP contribution in [-0.2, 0) is 9.59 Å². The largest absolute Gasteiger partial charge is 0.497 e. The van der Waals surface area contributed by atoms with Crippen molar-refractivity contribution in [3.63, 3.8) is 0 Å². The summed E-state index contributed by atoms with van der Waals surface area (Å²) in [5.74, 6) is -0.248. The standard InChI is InChI=1S/C20H18N2O4S/c1-13-6-3-4-9-16(13)21-18(23)12-22-19(24)17(27-20(22)25)11-14-7-5-8-15(10-14)26-2/h3-11H,12H2,1-2H3,(H,21,23)/b17-11+. The molecule has 1 aliphatic rings. The van der Waals surface area contributed by atoms with E-state index >= 15 is 0 Å². The molecule has 0 spiro atoms. The van der Waals surface area contributed by atoms with Crippen molar-refractivity contribution < 1.29 is 19.1 Å².